The van der Waals surface area contributed by atoms with E-state index in [0.717, 1.165) is 29.6 Å². The Labute approximate surface area is 120 Å². The topological polar surface area (TPSA) is 12.0 Å². The van der Waals surface area contributed by atoms with Crippen molar-refractivity contribution < 1.29 is 0 Å². The van der Waals surface area contributed by atoms with Gasteiger partial charge in [0.15, 0.2) is 0 Å². The van der Waals surface area contributed by atoms with Crippen LogP contribution in [0.15, 0.2) is 0 Å². The van der Waals surface area contributed by atoms with Gasteiger partial charge in [-0.05, 0) is 76.2 Å². The summed E-state index contributed by atoms with van der Waals surface area (Å²) in [4.78, 5) is 0. The van der Waals surface area contributed by atoms with E-state index in [0.29, 0.717) is 0 Å². The molecule has 3 unspecified atom stereocenters. The van der Waals surface area contributed by atoms with Crippen molar-refractivity contribution in [3.8, 4) is 0 Å². The Morgan fingerprint density at radius 3 is 2.21 bits per heavy atom. The maximum Gasteiger partial charge on any atom is 0.00966 e. The maximum absolute atomic E-state index is 3.77. The first-order valence-corrected chi connectivity index (χ1v) is 8.62. The van der Waals surface area contributed by atoms with E-state index in [1.54, 1.807) is 0 Å². The average molecular weight is 265 g/mol. The molecular formula is C18H35N. The van der Waals surface area contributed by atoms with E-state index < -0.39 is 0 Å². The van der Waals surface area contributed by atoms with E-state index >= 15 is 0 Å². The fraction of sp³-hybridized carbons (Fsp3) is 1.00. The Morgan fingerprint density at radius 1 is 1.05 bits per heavy atom. The van der Waals surface area contributed by atoms with Gasteiger partial charge in [-0.2, -0.15) is 0 Å². The zero-order valence-electron chi connectivity index (χ0n) is 13.8. The highest BCUT2D eigenvalue weighted by atomic mass is 14.9. The van der Waals surface area contributed by atoms with Crippen molar-refractivity contribution in [1.82, 2.24) is 5.32 Å². The quantitative estimate of drug-likeness (QED) is 0.765. The maximum atomic E-state index is 3.77. The zero-order valence-corrected chi connectivity index (χ0v) is 13.8. The van der Waals surface area contributed by atoms with Crippen LogP contribution in [0.1, 0.15) is 73.1 Å². The molecular weight excluding hydrogens is 230 g/mol. The lowest BCUT2D eigenvalue weighted by molar-refractivity contribution is 0.0570. The van der Waals surface area contributed by atoms with Crippen LogP contribution >= 0.6 is 0 Å². The molecule has 2 aliphatic carbocycles. The predicted octanol–water partition coefficient (Wildman–Crippen LogP) is 4.86. The molecule has 3 atom stereocenters. The van der Waals surface area contributed by atoms with Crippen LogP contribution in [0.3, 0.4) is 0 Å². The fourth-order valence-electron chi connectivity index (χ4n) is 4.04. The van der Waals surface area contributed by atoms with Crippen molar-refractivity contribution in [2.24, 2.45) is 29.6 Å². The Hall–Kier alpha value is -0.0400. The fourth-order valence-corrected chi connectivity index (χ4v) is 4.04. The summed E-state index contributed by atoms with van der Waals surface area (Å²) < 4.78 is 0. The summed E-state index contributed by atoms with van der Waals surface area (Å²) in [5.41, 5.74) is 0.277. The van der Waals surface area contributed by atoms with E-state index in [-0.39, 0.29) is 5.54 Å². The molecule has 2 fully saturated rings. The van der Waals surface area contributed by atoms with Gasteiger partial charge in [-0.1, -0.05) is 33.1 Å². The largest absolute Gasteiger partial charge is 0.312 e. The smallest absolute Gasteiger partial charge is 0.00966 e. The van der Waals surface area contributed by atoms with Gasteiger partial charge in [-0.25, -0.2) is 0 Å². The summed E-state index contributed by atoms with van der Waals surface area (Å²) >= 11 is 0. The van der Waals surface area contributed by atoms with Crippen LogP contribution in [0.25, 0.3) is 0 Å². The first-order valence-electron chi connectivity index (χ1n) is 8.62. The van der Waals surface area contributed by atoms with E-state index in [1.807, 2.05) is 0 Å². The van der Waals surface area contributed by atoms with Crippen LogP contribution in [0.5, 0.6) is 0 Å². The molecule has 0 aromatic rings. The van der Waals surface area contributed by atoms with Gasteiger partial charge in [0.2, 0.25) is 0 Å². The van der Waals surface area contributed by atoms with Gasteiger partial charge in [0, 0.05) is 5.54 Å². The summed E-state index contributed by atoms with van der Waals surface area (Å²) in [5, 5.41) is 3.77. The lowest BCUT2D eigenvalue weighted by atomic mass is 9.61. The Bertz CT molecular complexity index is 272. The number of hydrogen-bond donors (Lipinski definition) is 1. The molecule has 112 valence electrons. The van der Waals surface area contributed by atoms with Crippen LogP contribution in [0.4, 0.5) is 0 Å². The molecule has 0 heterocycles. The standard InChI is InChI=1S/C18H35N/c1-13(2)15-9-10-16(12-19-18(3,4)5)17(11-15)14-7-6-8-14/h13-17,19H,6-12H2,1-5H3. The van der Waals surface area contributed by atoms with E-state index in [2.05, 4.69) is 39.9 Å². The van der Waals surface area contributed by atoms with Crippen molar-refractivity contribution in [1.29, 1.82) is 0 Å². The highest BCUT2D eigenvalue weighted by molar-refractivity contribution is 4.90. The molecule has 0 aliphatic heterocycles. The normalized spacial score (nSPS) is 33.5. The van der Waals surface area contributed by atoms with E-state index in [1.165, 1.54) is 45.1 Å². The summed E-state index contributed by atoms with van der Waals surface area (Å²) in [6, 6.07) is 0. The lowest BCUT2D eigenvalue weighted by Crippen LogP contribution is -2.44. The summed E-state index contributed by atoms with van der Waals surface area (Å²) in [5.74, 6) is 4.91. The third kappa shape index (κ3) is 4.21. The number of nitrogens with one attached hydrogen (secondary N) is 1. The minimum atomic E-state index is 0.277. The summed E-state index contributed by atoms with van der Waals surface area (Å²) in [6.07, 6.45) is 8.97. The summed E-state index contributed by atoms with van der Waals surface area (Å²) in [7, 11) is 0. The van der Waals surface area contributed by atoms with Crippen molar-refractivity contribution in [2.45, 2.75) is 78.7 Å². The zero-order chi connectivity index (χ0) is 14.0. The van der Waals surface area contributed by atoms with Gasteiger partial charge < -0.3 is 5.32 Å². The predicted molar refractivity (Wildman–Crippen MR) is 84.3 cm³/mol. The van der Waals surface area contributed by atoms with E-state index in [4.69, 9.17) is 0 Å². The van der Waals surface area contributed by atoms with Crippen LogP contribution in [0, 0.1) is 29.6 Å². The van der Waals surface area contributed by atoms with Gasteiger partial charge in [0.05, 0.1) is 0 Å². The number of hydrogen-bond acceptors (Lipinski definition) is 1. The monoisotopic (exact) mass is 265 g/mol. The third-order valence-corrected chi connectivity index (χ3v) is 5.68. The van der Waals surface area contributed by atoms with Crippen LogP contribution < -0.4 is 5.32 Å². The van der Waals surface area contributed by atoms with Gasteiger partial charge in [0.1, 0.15) is 0 Å². The lowest BCUT2D eigenvalue weighted by Gasteiger charge is -2.46. The molecule has 1 N–H and O–H groups in total. The first kappa shape index (κ1) is 15.4. The van der Waals surface area contributed by atoms with Crippen LogP contribution in [-0.2, 0) is 0 Å². The number of rotatable bonds is 4. The Balaban J connectivity index is 1.93. The molecule has 1 nitrogen and oxygen atoms in total. The SMILES string of the molecule is CC(C)C1CCC(CNC(C)(C)C)C(C2CCC2)C1. The van der Waals surface area contributed by atoms with Crippen LogP contribution in [0.2, 0.25) is 0 Å². The highest BCUT2D eigenvalue weighted by Crippen LogP contribution is 2.47. The third-order valence-electron chi connectivity index (χ3n) is 5.68. The van der Waals surface area contributed by atoms with Gasteiger partial charge in [-0.15, -0.1) is 0 Å². The van der Waals surface area contributed by atoms with Gasteiger partial charge in [0.25, 0.3) is 0 Å². The molecule has 2 saturated carbocycles. The molecule has 0 spiro atoms. The van der Waals surface area contributed by atoms with Crippen molar-refractivity contribution in [3.63, 3.8) is 0 Å². The second-order valence-electron chi connectivity index (χ2n) is 8.56. The molecule has 0 amide bonds. The van der Waals surface area contributed by atoms with Gasteiger partial charge >= 0.3 is 0 Å². The van der Waals surface area contributed by atoms with E-state index in [9.17, 15) is 0 Å². The molecule has 0 aromatic heterocycles. The first-order chi connectivity index (χ1) is 8.87. The molecule has 0 radical (unpaired) electrons. The molecule has 0 bridgehead atoms. The average Bonchev–Trinajstić information content (AvgIpc) is 2.23. The second kappa shape index (κ2) is 6.16. The van der Waals surface area contributed by atoms with Crippen molar-refractivity contribution >= 4 is 0 Å². The van der Waals surface area contributed by atoms with Crippen molar-refractivity contribution in [3.05, 3.63) is 0 Å². The minimum Gasteiger partial charge on any atom is -0.312 e. The van der Waals surface area contributed by atoms with Gasteiger partial charge in [-0.3, -0.25) is 0 Å². The minimum absolute atomic E-state index is 0.277. The molecule has 0 saturated heterocycles. The molecule has 1 heteroatoms. The summed E-state index contributed by atoms with van der Waals surface area (Å²) in [6.45, 7) is 13.0. The van der Waals surface area contributed by atoms with Crippen LogP contribution in [-0.4, -0.2) is 12.1 Å². The van der Waals surface area contributed by atoms with Crippen molar-refractivity contribution in [2.75, 3.05) is 6.54 Å². The second-order valence-corrected chi connectivity index (χ2v) is 8.56. The molecule has 19 heavy (non-hydrogen) atoms. The highest BCUT2D eigenvalue weighted by Gasteiger charge is 2.38. The molecule has 2 aliphatic rings. The Kier molecular flexibility index (Phi) is 4.98. The molecule has 2 rings (SSSR count). The Morgan fingerprint density at radius 2 is 1.74 bits per heavy atom. The molecule has 0 aromatic carbocycles.